The van der Waals surface area contributed by atoms with Crippen LogP contribution in [0.25, 0.3) is 11.1 Å². The number of aromatic nitrogens is 1. The highest BCUT2D eigenvalue weighted by molar-refractivity contribution is 5.95. The van der Waals surface area contributed by atoms with Gasteiger partial charge in [-0.2, -0.15) is 0 Å². The summed E-state index contributed by atoms with van der Waals surface area (Å²) in [5.74, 6) is -0.418. The zero-order valence-electron chi connectivity index (χ0n) is 9.70. The molecule has 0 saturated carbocycles. The largest absolute Gasteiger partial charge is 0.295 e. The normalized spacial score (nSPS) is 10.3. The van der Waals surface area contributed by atoms with E-state index in [-0.39, 0.29) is 11.6 Å². The van der Waals surface area contributed by atoms with Crippen molar-refractivity contribution in [2.75, 3.05) is 0 Å². The highest BCUT2D eigenvalue weighted by atomic mass is 19.1. The number of pyridine rings is 1. The Morgan fingerprint density at radius 1 is 1.24 bits per heavy atom. The molecular weight excluding hydrogens is 217 g/mol. The van der Waals surface area contributed by atoms with Gasteiger partial charge in [0.25, 0.3) is 0 Å². The van der Waals surface area contributed by atoms with Gasteiger partial charge in [0, 0.05) is 29.1 Å². The van der Waals surface area contributed by atoms with Gasteiger partial charge in [0.1, 0.15) is 5.82 Å². The minimum atomic E-state index is -0.342. The molecule has 0 aliphatic carbocycles. The van der Waals surface area contributed by atoms with Crippen LogP contribution in [0.15, 0.2) is 36.7 Å². The van der Waals surface area contributed by atoms with E-state index in [1.165, 1.54) is 19.1 Å². The van der Waals surface area contributed by atoms with E-state index in [2.05, 4.69) is 4.98 Å². The first-order valence-corrected chi connectivity index (χ1v) is 5.31. The first kappa shape index (κ1) is 11.5. The summed E-state index contributed by atoms with van der Waals surface area (Å²) in [6.07, 6.45) is 3.27. The van der Waals surface area contributed by atoms with Crippen molar-refractivity contribution < 1.29 is 9.18 Å². The van der Waals surface area contributed by atoms with Crippen molar-refractivity contribution in [3.05, 3.63) is 53.6 Å². The van der Waals surface area contributed by atoms with E-state index in [9.17, 15) is 9.18 Å². The third-order valence-electron chi connectivity index (χ3n) is 2.70. The standard InChI is InChI=1S/C14H12FNO/c1-9-5-6-16-8-13(9)12-7-11(10(2)17)3-4-14(12)15/h3-8H,1-2H3. The van der Waals surface area contributed by atoms with Crippen molar-refractivity contribution in [2.24, 2.45) is 0 Å². The summed E-state index contributed by atoms with van der Waals surface area (Å²) in [5, 5.41) is 0. The van der Waals surface area contributed by atoms with E-state index in [1.54, 1.807) is 18.5 Å². The maximum absolute atomic E-state index is 13.8. The molecule has 1 aromatic heterocycles. The third-order valence-corrected chi connectivity index (χ3v) is 2.70. The molecule has 0 N–H and O–H groups in total. The maximum atomic E-state index is 13.8. The van der Waals surface area contributed by atoms with Gasteiger partial charge in [-0.1, -0.05) is 0 Å². The number of halogens is 1. The smallest absolute Gasteiger partial charge is 0.159 e. The molecule has 0 atom stereocenters. The Kier molecular flexibility index (Phi) is 3.00. The Balaban J connectivity index is 2.63. The number of hydrogen-bond donors (Lipinski definition) is 0. The van der Waals surface area contributed by atoms with Crippen LogP contribution in [0.3, 0.4) is 0 Å². The van der Waals surface area contributed by atoms with Crippen LogP contribution in [0.2, 0.25) is 0 Å². The van der Waals surface area contributed by atoms with Crippen LogP contribution in [0.1, 0.15) is 22.8 Å². The molecule has 0 saturated heterocycles. The molecule has 2 rings (SSSR count). The average molecular weight is 229 g/mol. The van der Waals surface area contributed by atoms with Crippen LogP contribution in [-0.4, -0.2) is 10.8 Å². The number of hydrogen-bond acceptors (Lipinski definition) is 2. The van der Waals surface area contributed by atoms with E-state index >= 15 is 0 Å². The van der Waals surface area contributed by atoms with E-state index in [0.29, 0.717) is 16.7 Å². The SMILES string of the molecule is CC(=O)c1ccc(F)c(-c2cnccc2C)c1. The second-order valence-electron chi connectivity index (χ2n) is 3.94. The summed E-state index contributed by atoms with van der Waals surface area (Å²) >= 11 is 0. The quantitative estimate of drug-likeness (QED) is 0.739. The van der Waals surface area contributed by atoms with E-state index < -0.39 is 0 Å². The number of rotatable bonds is 2. The fourth-order valence-corrected chi connectivity index (χ4v) is 1.70. The number of aryl methyl sites for hydroxylation is 1. The number of nitrogens with zero attached hydrogens (tertiary/aromatic N) is 1. The lowest BCUT2D eigenvalue weighted by atomic mass is 9.99. The molecule has 1 heterocycles. The van der Waals surface area contributed by atoms with Crippen molar-refractivity contribution in [3.8, 4) is 11.1 Å². The van der Waals surface area contributed by atoms with Crippen molar-refractivity contribution >= 4 is 5.78 Å². The van der Waals surface area contributed by atoms with Gasteiger partial charge in [-0.3, -0.25) is 9.78 Å². The average Bonchev–Trinajstić information content (AvgIpc) is 2.30. The Morgan fingerprint density at radius 3 is 2.65 bits per heavy atom. The molecule has 0 aliphatic rings. The predicted molar refractivity (Wildman–Crippen MR) is 64.4 cm³/mol. The Morgan fingerprint density at radius 2 is 2.00 bits per heavy atom. The lowest BCUT2D eigenvalue weighted by Crippen LogP contribution is -1.95. The second kappa shape index (κ2) is 4.45. The summed E-state index contributed by atoms with van der Waals surface area (Å²) in [7, 11) is 0. The Bertz CT molecular complexity index is 578. The molecule has 0 unspecified atom stereocenters. The van der Waals surface area contributed by atoms with Crippen LogP contribution in [0.4, 0.5) is 4.39 Å². The molecule has 1 aromatic carbocycles. The van der Waals surface area contributed by atoms with Crippen molar-refractivity contribution in [1.82, 2.24) is 4.98 Å². The van der Waals surface area contributed by atoms with Gasteiger partial charge >= 0.3 is 0 Å². The second-order valence-corrected chi connectivity index (χ2v) is 3.94. The Labute approximate surface area is 99.1 Å². The molecule has 0 amide bonds. The number of Topliss-reactive ketones (excluding diaryl/α,β-unsaturated/α-hetero) is 1. The van der Waals surface area contributed by atoms with Crippen molar-refractivity contribution in [3.63, 3.8) is 0 Å². The molecule has 0 fully saturated rings. The van der Waals surface area contributed by atoms with Crippen LogP contribution >= 0.6 is 0 Å². The van der Waals surface area contributed by atoms with Gasteiger partial charge in [0.05, 0.1) is 0 Å². The lowest BCUT2D eigenvalue weighted by molar-refractivity contribution is 0.101. The van der Waals surface area contributed by atoms with Crippen molar-refractivity contribution in [2.45, 2.75) is 13.8 Å². The molecule has 2 aromatic rings. The Hall–Kier alpha value is -2.03. The third kappa shape index (κ3) is 2.23. The van der Waals surface area contributed by atoms with Gasteiger partial charge in [0.2, 0.25) is 0 Å². The highest BCUT2D eigenvalue weighted by Gasteiger charge is 2.10. The molecule has 0 spiro atoms. The minimum Gasteiger partial charge on any atom is -0.295 e. The maximum Gasteiger partial charge on any atom is 0.159 e. The van der Waals surface area contributed by atoms with E-state index in [0.717, 1.165) is 5.56 Å². The van der Waals surface area contributed by atoms with Gasteiger partial charge in [-0.25, -0.2) is 4.39 Å². The van der Waals surface area contributed by atoms with E-state index in [4.69, 9.17) is 0 Å². The molecule has 86 valence electrons. The molecule has 3 heteroatoms. The van der Waals surface area contributed by atoms with Crippen LogP contribution in [0.5, 0.6) is 0 Å². The molecular formula is C14H12FNO. The summed E-state index contributed by atoms with van der Waals surface area (Å²) in [6.45, 7) is 3.35. The zero-order chi connectivity index (χ0) is 12.4. The van der Waals surface area contributed by atoms with E-state index in [1.807, 2.05) is 13.0 Å². The fraction of sp³-hybridized carbons (Fsp3) is 0.143. The molecule has 0 bridgehead atoms. The van der Waals surface area contributed by atoms with Gasteiger partial charge < -0.3 is 0 Å². The summed E-state index contributed by atoms with van der Waals surface area (Å²) < 4.78 is 13.8. The minimum absolute atomic E-state index is 0.0761. The highest BCUT2D eigenvalue weighted by Crippen LogP contribution is 2.26. The van der Waals surface area contributed by atoms with Crippen molar-refractivity contribution in [1.29, 1.82) is 0 Å². The monoisotopic (exact) mass is 229 g/mol. The lowest BCUT2D eigenvalue weighted by Gasteiger charge is -2.07. The summed E-state index contributed by atoms with van der Waals surface area (Å²) in [4.78, 5) is 15.3. The summed E-state index contributed by atoms with van der Waals surface area (Å²) in [6, 6.07) is 6.20. The number of benzene rings is 1. The topological polar surface area (TPSA) is 30.0 Å². The van der Waals surface area contributed by atoms with Gasteiger partial charge in [0.15, 0.2) is 5.78 Å². The molecule has 17 heavy (non-hydrogen) atoms. The van der Waals surface area contributed by atoms with Gasteiger partial charge in [-0.15, -0.1) is 0 Å². The van der Waals surface area contributed by atoms with Crippen LogP contribution in [-0.2, 0) is 0 Å². The van der Waals surface area contributed by atoms with Crippen LogP contribution in [0, 0.1) is 12.7 Å². The molecule has 0 aliphatic heterocycles. The number of carbonyl (C=O) groups excluding carboxylic acids is 1. The predicted octanol–water partition coefficient (Wildman–Crippen LogP) is 3.40. The number of carbonyl (C=O) groups is 1. The zero-order valence-corrected chi connectivity index (χ0v) is 9.70. The summed E-state index contributed by atoms with van der Waals surface area (Å²) in [5.41, 5.74) is 2.57. The van der Waals surface area contributed by atoms with Gasteiger partial charge in [-0.05, 0) is 43.7 Å². The molecule has 0 radical (unpaired) electrons. The van der Waals surface area contributed by atoms with Crippen LogP contribution < -0.4 is 0 Å². The first-order chi connectivity index (χ1) is 8.09. The first-order valence-electron chi connectivity index (χ1n) is 5.31. The fourth-order valence-electron chi connectivity index (χ4n) is 1.70. The number of ketones is 1. The molecule has 2 nitrogen and oxygen atoms in total.